The van der Waals surface area contributed by atoms with Gasteiger partial charge in [0.05, 0.1) is 0 Å². The number of hydrogen-bond donors (Lipinski definition) is 0. The van der Waals surface area contributed by atoms with Gasteiger partial charge in [-0.3, -0.25) is 9.78 Å². The molecule has 0 aliphatic carbocycles. The highest BCUT2D eigenvalue weighted by atomic mass is 16.2. The monoisotopic (exact) mass is 176 g/mol. The molecule has 0 N–H and O–H groups in total. The van der Waals surface area contributed by atoms with Crippen LogP contribution in [-0.2, 0) is 0 Å². The Balaban J connectivity index is 2.06. The Hall–Kier alpha value is -1.38. The molecular weight excluding hydrogens is 164 g/mol. The van der Waals surface area contributed by atoms with Gasteiger partial charge in [0, 0.05) is 19.3 Å². The normalized spacial score (nSPS) is 16.8. The standard InChI is InChI=1S/C10H12N2O/c1-8-6-12(7-8)10(13)9-4-2-3-5-11-9/h2-5,8H,6-7H2,1H3. The fourth-order valence-corrected chi connectivity index (χ4v) is 1.52. The minimum absolute atomic E-state index is 0.0544. The molecule has 3 nitrogen and oxygen atoms in total. The molecule has 0 unspecified atom stereocenters. The van der Waals surface area contributed by atoms with Crippen LogP contribution in [-0.4, -0.2) is 28.9 Å². The van der Waals surface area contributed by atoms with Gasteiger partial charge in [-0.2, -0.15) is 0 Å². The van der Waals surface area contributed by atoms with E-state index in [-0.39, 0.29) is 5.91 Å². The zero-order chi connectivity index (χ0) is 9.26. The molecule has 1 aromatic rings. The van der Waals surface area contributed by atoms with Gasteiger partial charge in [0.1, 0.15) is 5.69 Å². The first-order valence-corrected chi connectivity index (χ1v) is 4.47. The maximum absolute atomic E-state index is 11.6. The Labute approximate surface area is 77.4 Å². The molecule has 1 fully saturated rings. The van der Waals surface area contributed by atoms with Crippen LogP contribution in [0.4, 0.5) is 0 Å². The van der Waals surface area contributed by atoms with Crippen molar-refractivity contribution in [3.63, 3.8) is 0 Å². The summed E-state index contributed by atoms with van der Waals surface area (Å²) in [6.45, 7) is 3.88. The van der Waals surface area contributed by atoms with E-state index >= 15 is 0 Å². The molecule has 1 saturated heterocycles. The molecule has 1 amide bonds. The van der Waals surface area contributed by atoms with Crippen LogP contribution in [0.1, 0.15) is 17.4 Å². The first kappa shape index (κ1) is 8.23. The van der Waals surface area contributed by atoms with E-state index in [1.54, 1.807) is 12.3 Å². The minimum Gasteiger partial charge on any atom is -0.337 e. The van der Waals surface area contributed by atoms with Gasteiger partial charge in [-0.25, -0.2) is 0 Å². The Bertz CT molecular complexity index is 304. The molecule has 1 aliphatic rings. The van der Waals surface area contributed by atoms with E-state index in [0.717, 1.165) is 13.1 Å². The molecule has 0 spiro atoms. The summed E-state index contributed by atoms with van der Waals surface area (Å²) < 4.78 is 0. The van der Waals surface area contributed by atoms with Crippen molar-refractivity contribution in [1.82, 2.24) is 9.88 Å². The van der Waals surface area contributed by atoms with E-state index in [9.17, 15) is 4.79 Å². The lowest BCUT2D eigenvalue weighted by Crippen LogP contribution is -2.48. The van der Waals surface area contributed by atoms with Gasteiger partial charge >= 0.3 is 0 Å². The van der Waals surface area contributed by atoms with Crippen molar-refractivity contribution in [1.29, 1.82) is 0 Å². The molecule has 2 heterocycles. The first-order chi connectivity index (χ1) is 6.27. The molecule has 0 aromatic carbocycles. The summed E-state index contributed by atoms with van der Waals surface area (Å²) in [6, 6.07) is 5.41. The predicted octanol–water partition coefficient (Wildman–Crippen LogP) is 1.17. The summed E-state index contributed by atoms with van der Waals surface area (Å²) in [4.78, 5) is 17.5. The molecule has 1 aromatic heterocycles. The number of carbonyl (C=O) groups is 1. The number of likely N-dealkylation sites (tertiary alicyclic amines) is 1. The summed E-state index contributed by atoms with van der Waals surface area (Å²) in [6.07, 6.45) is 1.65. The lowest BCUT2D eigenvalue weighted by Gasteiger charge is -2.36. The molecule has 0 atom stereocenters. The van der Waals surface area contributed by atoms with E-state index in [1.165, 1.54) is 0 Å². The van der Waals surface area contributed by atoms with Crippen LogP contribution in [0.25, 0.3) is 0 Å². The molecule has 1 aliphatic heterocycles. The van der Waals surface area contributed by atoms with Crippen LogP contribution in [0.3, 0.4) is 0 Å². The zero-order valence-corrected chi connectivity index (χ0v) is 7.60. The topological polar surface area (TPSA) is 33.2 Å². The highest BCUT2D eigenvalue weighted by Crippen LogP contribution is 2.16. The lowest BCUT2D eigenvalue weighted by atomic mass is 10.0. The van der Waals surface area contributed by atoms with E-state index in [2.05, 4.69) is 11.9 Å². The Kier molecular flexibility index (Phi) is 2.00. The van der Waals surface area contributed by atoms with Gasteiger partial charge in [-0.05, 0) is 18.1 Å². The van der Waals surface area contributed by atoms with Crippen molar-refractivity contribution < 1.29 is 4.79 Å². The lowest BCUT2D eigenvalue weighted by molar-refractivity contribution is 0.0524. The highest BCUT2D eigenvalue weighted by molar-refractivity contribution is 5.92. The Morgan fingerprint density at radius 3 is 2.85 bits per heavy atom. The Morgan fingerprint density at radius 2 is 2.31 bits per heavy atom. The van der Waals surface area contributed by atoms with Gasteiger partial charge in [-0.15, -0.1) is 0 Å². The zero-order valence-electron chi connectivity index (χ0n) is 7.60. The maximum Gasteiger partial charge on any atom is 0.272 e. The number of hydrogen-bond acceptors (Lipinski definition) is 2. The van der Waals surface area contributed by atoms with E-state index in [1.807, 2.05) is 17.0 Å². The van der Waals surface area contributed by atoms with Crippen LogP contribution in [0, 0.1) is 5.92 Å². The molecule has 68 valence electrons. The summed E-state index contributed by atoms with van der Waals surface area (Å²) >= 11 is 0. The minimum atomic E-state index is 0.0544. The van der Waals surface area contributed by atoms with E-state index in [4.69, 9.17) is 0 Å². The first-order valence-electron chi connectivity index (χ1n) is 4.47. The van der Waals surface area contributed by atoms with Gasteiger partial charge in [0.15, 0.2) is 0 Å². The van der Waals surface area contributed by atoms with Crippen molar-refractivity contribution in [2.24, 2.45) is 5.92 Å². The molecule has 13 heavy (non-hydrogen) atoms. The third-order valence-corrected chi connectivity index (χ3v) is 2.24. The number of pyridine rings is 1. The number of carbonyl (C=O) groups excluding carboxylic acids is 1. The fourth-order valence-electron chi connectivity index (χ4n) is 1.52. The van der Waals surface area contributed by atoms with Crippen molar-refractivity contribution >= 4 is 5.91 Å². The average molecular weight is 176 g/mol. The molecular formula is C10H12N2O. The van der Waals surface area contributed by atoms with Crippen molar-refractivity contribution in [2.75, 3.05) is 13.1 Å². The van der Waals surface area contributed by atoms with Crippen molar-refractivity contribution in [3.8, 4) is 0 Å². The van der Waals surface area contributed by atoms with Crippen LogP contribution < -0.4 is 0 Å². The molecule has 3 heteroatoms. The predicted molar refractivity (Wildman–Crippen MR) is 49.3 cm³/mol. The SMILES string of the molecule is CC1CN(C(=O)c2ccccn2)C1. The van der Waals surface area contributed by atoms with Crippen LogP contribution in [0.15, 0.2) is 24.4 Å². The number of rotatable bonds is 1. The van der Waals surface area contributed by atoms with Crippen molar-refractivity contribution in [3.05, 3.63) is 30.1 Å². The van der Waals surface area contributed by atoms with Crippen molar-refractivity contribution in [2.45, 2.75) is 6.92 Å². The number of aromatic nitrogens is 1. The second-order valence-corrected chi connectivity index (χ2v) is 3.53. The average Bonchev–Trinajstić information content (AvgIpc) is 2.13. The van der Waals surface area contributed by atoms with E-state index < -0.39 is 0 Å². The van der Waals surface area contributed by atoms with Gasteiger partial charge in [0.25, 0.3) is 5.91 Å². The Morgan fingerprint density at radius 1 is 1.54 bits per heavy atom. The highest BCUT2D eigenvalue weighted by Gasteiger charge is 2.28. The maximum atomic E-state index is 11.6. The van der Waals surface area contributed by atoms with E-state index in [0.29, 0.717) is 11.6 Å². The van der Waals surface area contributed by atoms with Crippen LogP contribution >= 0.6 is 0 Å². The third-order valence-electron chi connectivity index (χ3n) is 2.24. The van der Waals surface area contributed by atoms with Gasteiger partial charge < -0.3 is 4.90 Å². The summed E-state index contributed by atoms with van der Waals surface area (Å²) in [5, 5.41) is 0. The van der Waals surface area contributed by atoms with Crippen LogP contribution in [0.2, 0.25) is 0 Å². The molecule has 2 rings (SSSR count). The molecule has 0 radical (unpaired) electrons. The second kappa shape index (κ2) is 3.17. The number of nitrogens with zero attached hydrogens (tertiary/aromatic N) is 2. The van der Waals surface area contributed by atoms with Gasteiger partial charge in [0.2, 0.25) is 0 Å². The largest absolute Gasteiger partial charge is 0.337 e. The fraction of sp³-hybridized carbons (Fsp3) is 0.400. The summed E-state index contributed by atoms with van der Waals surface area (Å²) in [5.74, 6) is 0.700. The second-order valence-electron chi connectivity index (χ2n) is 3.53. The van der Waals surface area contributed by atoms with Crippen LogP contribution in [0.5, 0.6) is 0 Å². The third kappa shape index (κ3) is 1.54. The smallest absolute Gasteiger partial charge is 0.272 e. The number of amides is 1. The molecule has 0 saturated carbocycles. The summed E-state index contributed by atoms with van der Waals surface area (Å²) in [5.41, 5.74) is 0.550. The van der Waals surface area contributed by atoms with Gasteiger partial charge in [-0.1, -0.05) is 13.0 Å². The summed E-state index contributed by atoms with van der Waals surface area (Å²) in [7, 11) is 0. The molecule has 0 bridgehead atoms. The quantitative estimate of drug-likeness (QED) is 0.643.